The van der Waals surface area contributed by atoms with Crippen LogP contribution in [0.5, 0.6) is 5.75 Å². The fourth-order valence-corrected chi connectivity index (χ4v) is 5.97. The minimum Gasteiger partial charge on any atom is -0.485 e. The molecule has 2 aromatic heterocycles. The van der Waals surface area contributed by atoms with Crippen LogP contribution in [0.2, 0.25) is 5.02 Å². The Kier molecular flexibility index (Phi) is 7.80. The first kappa shape index (κ1) is 24.6. The molecule has 1 aliphatic rings. The van der Waals surface area contributed by atoms with Crippen LogP contribution in [0.15, 0.2) is 23.4 Å². The van der Waals surface area contributed by atoms with E-state index >= 15 is 0 Å². The van der Waals surface area contributed by atoms with Crippen molar-refractivity contribution < 1.29 is 19.1 Å². The van der Waals surface area contributed by atoms with Gasteiger partial charge in [0.15, 0.2) is 11.0 Å². The summed E-state index contributed by atoms with van der Waals surface area (Å²) in [5.74, 6) is 0.901. The number of thiophene rings is 1. The van der Waals surface area contributed by atoms with Gasteiger partial charge in [-0.2, -0.15) is 0 Å². The number of nitrogens with one attached hydrogen (secondary N) is 1. The number of benzene rings is 1. The normalized spacial score (nSPS) is 12.5. The molecule has 1 N–H and O–H groups in total. The van der Waals surface area contributed by atoms with Gasteiger partial charge in [-0.15, -0.1) is 21.5 Å². The summed E-state index contributed by atoms with van der Waals surface area (Å²) in [5, 5.41) is 13.1. The van der Waals surface area contributed by atoms with E-state index in [1.807, 2.05) is 26.1 Å². The van der Waals surface area contributed by atoms with E-state index in [1.165, 1.54) is 23.1 Å². The number of hydrogen-bond donors (Lipinski definition) is 1. The first-order valence-electron chi connectivity index (χ1n) is 10.9. The molecule has 0 bridgehead atoms. The summed E-state index contributed by atoms with van der Waals surface area (Å²) in [6.45, 7) is 4.23. The van der Waals surface area contributed by atoms with Crippen molar-refractivity contribution in [2.45, 2.75) is 44.9 Å². The van der Waals surface area contributed by atoms with Crippen molar-refractivity contribution in [2.24, 2.45) is 7.05 Å². The van der Waals surface area contributed by atoms with Crippen LogP contribution in [-0.4, -0.2) is 39.0 Å². The number of anilines is 1. The van der Waals surface area contributed by atoms with E-state index in [2.05, 4.69) is 15.5 Å². The van der Waals surface area contributed by atoms with Crippen molar-refractivity contribution in [3.8, 4) is 5.75 Å². The maximum Gasteiger partial charge on any atom is 0.341 e. The van der Waals surface area contributed by atoms with E-state index in [-0.39, 0.29) is 24.2 Å². The molecule has 0 aliphatic heterocycles. The van der Waals surface area contributed by atoms with E-state index in [9.17, 15) is 9.59 Å². The second kappa shape index (κ2) is 10.8. The monoisotopic (exact) mass is 520 g/mol. The van der Waals surface area contributed by atoms with Gasteiger partial charge < -0.3 is 19.4 Å². The van der Waals surface area contributed by atoms with E-state index in [1.54, 1.807) is 17.6 Å². The standard InChI is InChI=1S/C23H25ClN4O4S2/c1-4-31-22(30)20-15-6-5-7-17(15)34-21(20)25-19(29)12-33-23-27-26-18(28(23)3)11-32-16-9-8-14(24)10-13(16)2/h8-10H,4-7,11-12H2,1-3H3,(H,25,29). The first-order valence-corrected chi connectivity index (χ1v) is 13.1. The number of amides is 1. The Morgan fingerprint density at radius 1 is 1.29 bits per heavy atom. The molecule has 4 rings (SSSR count). The van der Waals surface area contributed by atoms with Gasteiger partial charge in [-0.1, -0.05) is 23.4 Å². The summed E-state index contributed by atoms with van der Waals surface area (Å²) in [7, 11) is 1.83. The lowest BCUT2D eigenvalue weighted by molar-refractivity contribution is -0.113. The van der Waals surface area contributed by atoms with Gasteiger partial charge >= 0.3 is 5.97 Å². The topological polar surface area (TPSA) is 95.3 Å². The molecule has 3 aromatic rings. The van der Waals surface area contributed by atoms with E-state index in [0.29, 0.717) is 33.2 Å². The smallest absolute Gasteiger partial charge is 0.341 e. The van der Waals surface area contributed by atoms with Crippen LogP contribution in [0.25, 0.3) is 0 Å². The molecule has 1 aliphatic carbocycles. The van der Waals surface area contributed by atoms with Gasteiger partial charge in [-0.3, -0.25) is 4.79 Å². The summed E-state index contributed by atoms with van der Waals surface area (Å²) in [5.41, 5.74) is 2.45. The van der Waals surface area contributed by atoms with Crippen molar-refractivity contribution >= 4 is 51.6 Å². The number of esters is 1. The van der Waals surface area contributed by atoms with Crippen molar-refractivity contribution in [3.05, 3.63) is 50.6 Å². The zero-order valence-electron chi connectivity index (χ0n) is 19.1. The molecule has 0 saturated heterocycles. The molecule has 8 nitrogen and oxygen atoms in total. The van der Waals surface area contributed by atoms with Gasteiger partial charge in [0.25, 0.3) is 0 Å². The van der Waals surface area contributed by atoms with E-state index < -0.39 is 0 Å². The highest BCUT2D eigenvalue weighted by Crippen LogP contribution is 2.39. The highest BCUT2D eigenvalue weighted by molar-refractivity contribution is 7.99. The summed E-state index contributed by atoms with van der Waals surface area (Å²) in [6, 6.07) is 5.43. The molecule has 1 aromatic carbocycles. The lowest BCUT2D eigenvalue weighted by Crippen LogP contribution is -2.17. The Morgan fingerprint density at radius 2 is 2.12 bits per heavy atom. The Bertz CT molecular complexity index is 1220. The summed E-state index contributed by atoms with van der Waals surface area (Å²) >= 11 is 8.73. The molecule has 0 saturated carbocycles. The van der Waals surface area contributed by atoms with Crippen LogP contribution < -0.4 is 10.1 Å². The maximum absolute atomic E-state index is 12.7. The lowest BCUT2D eigenvalue weighted by Gasteiger charge is -2.09. The van der Waals surface area contributed by atoms with E-state index in [0.717, 1.165) is 41.0 Å². The molecule has 2 heterocycles. The number of rotatable bonds is 9. The van der Waals surface area contributed by atoms with Crippen LogP contribution >= 0.6 is 34.7 Å². The van der Waals surface area contributed by atoms with Gasteiger partial charge in [0, 0.05) is 16.9 Å². The van der Waals surface area contributed by atoms with Crippen molar-refractivity contribution in [2.75, 3.05) is 17.7 Å². The summed E-state index contributed by atoms with van der Waals surface area (Å²) in [4.78, 5) is 26.3. The number of carbonyl (C=O) groups excluding carboxylic acids is 2. The molecule has 34 heavy (non-hydrogen) atoms. The lowest BCUT2D eigenvalue weighted by atomic mass is 10.1. The van der Waals surface area contributed by atoms with Crippen LogP contribution in [-0.2, 0) is 36.0 Å². The van der Waals surface area contributed by atoms with Gasteiger partial charge in [0.1, 0.15) is 17.4 Å². The first-order chi connectivity index (χ1) is 16.4. The molecule has 0 unspecified atom stereocenters. The predicted octanol–water partition coefficient (Wildman–Crippen LogP) is 4.81. The van der Waals surface area contributed by atoms with Gasteiger partial charge in [0.05, 0.1) is 17.9 Å². The molecule has 0 radical (unpaired) electrons. The Morgan fingerprint density at radius 3 is 2.88 bits per heavy atom. The average Bonchev–Trinajstić information content (AvgIpc) is 3.47. The van der Waals surface area contributed by atoms with Crippen LogP contribution in [0.4, 0.5) is 5.00 Å². The fraction of sp³-hybridized carbons (Fsp3) is 0.391. The molecule has 0 fully saturated rings. The molecule has 180 valence electrons. The van der Waals surface area contributed by atoms with Crippen molar-refractivity contribution in [3.63, 3.8) is 0 Å². The van der Waals surface area contributed by atoms with Gasteiger partial charge in [0.2, 0.25) is 5.91 Å². The number of hydrogen-bond acceptors (Lipinski definition) is 8. The molecule has 1 amide bonds. The number of aryl methyl sites for hydroxylation is 2. The number of fused-ring (bicyclic) bond motifs is 1. The number of nitrogens with zero attached hydrogens (tertiary/aromatic N) is 3. The Hall–Kier alpha value is -2.56. The van der Waals surface area contributed by atoms with Crippen LogP contribution in [0.1, 0.15) is 45.5 Å². The number of carbonyl (C=O) groups is 2. The average molecular weight is 521 g/mol. The SMILES string of the molecule is CCOC(=O)c1c(NC(=O)CSc2nnc(COc3ccc(Cl)cc3C)n2C)sc2c1CCC2. The molecule has 0 spiro atoms. The highest BCUT2D eigenvalue weighted by Gasteiger charge is 2.28. The van der Waals surface area contributed by atoms with Gasteiger partial charge in [-0.05, 0) is 62.4 Å². The quantitative estimate of drug-likeness (QED) is 0.319. The predicted molar refractivity (Wildman–Crippen MR) is 133 cm³/mol. The number of thioether (sulfide) groups is 1. The Balaban J connectivity index is 1.36. The number of halogens is 1. The van der Waals surface area contributed by atoms with Crippen molar-refractivity contribution in [1.29, 1.82) is 0 Å². The maximum atomic E-state index is 12.7. The third kappa shape index (κ3) is 5.39. The minimum atomic E-state index is -0.376. The molecule has 11 heteroatoms. The highest BCUT2D eigenvalue weighted by atomic mass is 35.5. The third-order valence-corrected chi connectivity index (χ3v) is 7.87. The minimum absolute atomic E-state index is 0.133. The zero-order valence-corrected chi connectivity index (χ0v) is 21.5. The van der Waals surface area contributed by atoms with Gasteiger partial charge in [-0.25, -0.2) is 4.79 Å². The molecular weight excluding hydrogens is 496 g/mol. The number of aromatic nitrogens is 3. The fourth-order valence-electron chi connectivity index (χ4n) is 3.72. The van der Waals surface area contributed by atoms with Crippen LogP contribution in [0.3, 0.4) is 0 Å². The largest absolute Gasteiger partial charge is 0.485 e. The molecule has 0 atom stereocenters. The van der Waals surface area contributed by atoms with Crippen LogP contribution in [0, 0.1) is 6.92 Å². The second-order valence-corrected chi connectivity index (χ2v) is 10.3. The van der Waals surface area contributed by atoms with E-state index in [4.69, 9.17) is 21.1 Å². The molecular formula is C23H25ClN4O4S2. The number of ether oxygens (including phenoxy) is 2. The Labute approximate surface area is 211 Å². The zero-order chi connectivity index (χ0) is 24.2. The second-order valence-electron chi connectivity index (χ2n) is 7.78. The van der Waals surface area contributed by atoms with Crippen molar-refractivity contribution in [1.82, 2.24) is 14.8 Å². The summed E-state index contributed by atoms with van der Waals surface area (Å²) in [6.07, 6.45) is 2.79. The third-order valence-electron chi connectivity index (χ3n) is 5.41. The summed E-state index contributed by atoms with van der Waals surface area (Å²) < 4.78 is 12.9.